The van der Waals surface area contributed by atoms with Crippen molar-refractivity contribution in [3.05, 3.63) is 58.4 Å². The van der Waals surface area contributed by atoms with Crippen LogP contribution in [0.4, 0.5) is 11.4 Å². The van der Waals surface area contributed by atoms with Crippen molar-refractivity contribution in [1.82, 2.24) is 4.98 Å². The van der Waals surface area contributed by atoms with Gasteiger partial charge in [0.05, 0.1) is 4.92 Å². The fraction of sp³-hybridized carbons (Fsp3) is 0.0769. The van der Waals surface area contributed by atoms with E-state index in [2.05, 4.69) is 4.98 Å². The molecule has 20 heavy (non-hydrogen) atoms. The highest BCUT2D eigenvalue weighted by Crippen LogP contribution is 2.27. The van der Waals surface area contributed by atoms with E-state index in [4.69, 9.17) is 0 Å². The number of phenols is 1. The summed E-state index contributed by atoms with van der Waals surface area (Å²) in [6.07, 6.45) is 3.10. The maximum atomic E-state index is 12.2. The molecule has 1 N–H and O–H groups in total. The third-order valence-electron chi connectivity index (χ3n) is 2.77. The standard InChI is InChI=1S/C13H11N3O4/c1-15(10-4-6-14-7-5-10)13(18)9-2-3-11(16(19)20)12(17)8-9/h2-8,17H,1H3. The molecule has 0 bridgehead atoms. The lowest BCUT2D eigenvalue weighted by atomic mass is 10.1. The number of nitrogens with zero attached hydrogens (tertiary/aromatic N) is 3. The van der Waals surface area contributed by atoms with Gasteiger partial charge in [-0.15, -0.1) is 0 Å². The third-order valence-corrected chi connectivity index (χ3v) is 2.77. The summed E-state index contributed by atoms with van der Waals surface area (Å²) in [6, 6.07) is 6.80. The van der Waals surface area contributed by atoms with Gasteiger partial charge >= 0.3 is 5.69 Å². The van der Waals surface area contributed by atoms with Crippen LogP contribution < -0.4 is 4.90 Å². The number of rotatable bonds is 3. The number of pyridine rings is 1. The van der Waals surface area contributed by atoms with E-state index in [-0.39, 0.29) is 11.5 Å². The number of hydrogen-bond acceptors (Lipinski definition) is 5. The van der Waals surface area contributed by atoms with Gasteiger partial charge in [-0.05, 0) is 24.3 Å². The van der Waals surface area contributed by atoms with Gasteiger partial charge in [0.15, 0.2) is 5.75 Å². The highest BCUT2D eigenvalue weighted by molar-refractivity contribution is 6.06. The van der Waals surface area contributed by atoms with Crippen molar-refractivity contribution in [3.63, 3.8) is 0 Å². The van der Waals surface area contributed by atoms with Crippen molar-refractivity contribution < 1.29 is 14.8 Å². The molecule has 0 saturated carbocycles. The molecule has 1 aromatic carbocycles. The third kappa shape index (κ3) is 2.56. The van der Waals surface area contributed by atoms with E-state index >= 15 is 0 Å². The predicted molar refractivity (Wildman–Crippen MR) is 71.7 cm³/mol. The van der Waals surface area contributed by atoms with Crippen molar-refractivity contribution in [2.24, 2.45) is 0 Å². The summed E-state index contributed by atoms with van der Waals surface area (Å²) in [5.74, 6) is -0.926. The summed E-state index contributed by atoms with van der Waals surface area (Å²) in [6.45, 7) is 0. The molecule has 0 unspecified atom stereocenters. The number of carbonyl (C=O) groups is 1. The molecule has 0 aliphatic rings. The lowest BCUT2D eigenvalue weighted by Gasteiger charge is -2.17. The SMILES string of the molecule is CN(C(=O)c1ccc([N+](=O)[O-])c(O)c1)c1ccncc1. The van der Waals surface area contributed by atoms with E-state index in [0.717, 1.165) is 12.1 Å². The second-order valence-corrected chi connectivity index (χ2v) is 4.03. The molecular weight excluding hydrogens is 262 g/mol. The average Bonchev–Trinajstić information content (AvgIpc) is 2.46. The van der Waals surface area contributed by atoms with E-state index in [9.17, 15) is 20.0 Å². The summed E-state index contributed by atoms with van der Waals surface area (Å²) >= 11 is 0. The number of aromatic nitrogens is 1. The molecule has 102 valence electrons. The van der Waals surface area contributed by atoms with Gasteiger partial charge in [-0.25, -0.2) is 0 Å². The topological polar surface area (TPSA) is 96.6 Å². The van der Waals surface area contributed by atoms with E-state index in [1.165, 1.54) is 11.0 Å². The zero-order chi connectivity index (χ0) is 14.7. The van der Waals surface area contributed by atoms with Crippen molar-refractivity contribution in [3.8, 4) is 5.75 Å². The average molecular weight is 273 g/mol. The van der Waals surface area contributed by atoms with E-state index in [1.54, 1.807) is 31.6 Å². The van der Waals surface area contributed by atoms with Gasteiger partial charge in [-0.3, -0.25) is 19.9 Å². The summed E-state index contributed by atoms with van der Waals surface area (Å²) in [4.78, 5) is 27.3. The Hall–Kier alpha value is -2.96. The summed E-state index contributed by atoms with van der Waals surface area (Å²) < 4.78 is 0. The minimum atomic E-state index is -0.712. The lowest BCUT2D eigenvalue weighted by molar-refractivity contribution is -0.385. The van der Waals surface area contributed by atoms with Crippen LogP contribution in [0, 0.1) is 10.1 Å². The molecule has 0 fully saturated rings. The molecule has 0 spiro atoms. The summed E-state index contributed by atoms with van der Waals surface area (Å²) in [7, 11) is 1.57. The number of amides is 1. The number of aromatic hydroxyl groups is 1. The zero-order valence-corrected chi connectivity index (χ0v) is 10.6. The van der Waals surface area contributed by atoms with Crippen LogP contribution in [-0.4, -0.2) is 28.0 Å². The zero-order valence-electron chi connectivity index (χ0n) is 10.6. The monoisotopic (exact) mass is 273 g/mol. The van der Waals surface area contributed by atoms with Crippen LogP contribution in [0.25, 0.3) is 0 Å². The Bertz CT molecular complexity index is 658. The normalized spacial score (nSPS) is 10.1. The number of carbonyl (C=O) groups excluding carboxylic acids is 1. The Morgan fingerprint density at radius 1 is 1.30 bits per heavy atom. The van der Waals surface area contributed by atoms with Gasteiger partial charge in [0.1, 0.15) is 0 Å². The molecule has 2 rings (SSSR count). The molecule has 2 aromatic rings. The molecule has 0 radical (unpaired) electrons. The van der Waals surface area contributed by atoms with Crippen molar-refractivity contribution in [2.75, 3.05) is 11.9 Å². The van der Waals surface area contributed by atoms with Crippen LogP contribution in [-0.2, 0) is 0 Å². The Labute approximate surface area is 114 Å². The van der Waals surface area contributed by atoms with Gasteiger partial charge in [0.25, 0.3) is 5.91 Å². The Balaban J connectivity index is 2.30. The molecule has 0 atom stereocenters. The molecule has 0 aliphatic carbocycles. The first kappa shape index (κ1) is 13.5. The number of nitro benzene ring substituents is 1. The van der Waals surface area contributed by atoms with E-state index in [0.29, 0.717) is 5.69 Å². The van der Waals surface area contributed by atoms with Crippen LogP contribution in [0.1, 0.15) is 10.4 Å². The fourth-order valence-electron chi connectivity index (χ4n) is 1.69. The molecule has 7 nitrogen and oxygen atoms in total. The first-order chi connectivity index (χ1) is 9.50. The number of benzene rings is 1. The van der Waals surface area contributed by atoms with Gasteiger partial charge < -0.3 is 10.0 Å². The number of hydrogen-bond donors (Lipinski definition) is 1. The minimum absolute atomic E-state index is 0.160. The molecule has 7 heteroatoms. The number of nitro groups is 1. The molecule has 1 heterocycles. The molecular formula is C13H11N3O4. The molecule has 1 aromatic heterocycles. The summed E-state index contributed by atoms with van der Waals surface area (Å²) in [5, 5.41) is 20.1. The lowest BCUT2D eigenvalue weighted by Crippen LogP contribution is -2.26. The van der Waals surface area contributed by atoms with Gasteiger partial charge in [-0.2, -0.15) is 0 Å². The van der Waals surface area contributed by atoms with Crippen molar-refractivity contribution in [1.29, 1.82) is 0 Å². The maximum absolute atomic E-state index is 12.2. The Morgan fingerprint density at radius 3 is 2.50 bits per heavy atom. The first-order valence-corrected chi connectivity index (χ1v) is 5.66. The van der Waals surface area contributed by atoms with Gasteiger partial charge in [0.2, 0.25) is 0 Å². The number of anilines is 1. The quantitative estimate of drug-likeness (QED) is 0.681. The van der Waals surface area contributed by atoms with Crippen molar-refractivity contribution in [2.45, 2.75) is 0 Å². The smallest absolute Gasteiger partial charge is 0.310 e. The Kier molecular flexibility index (Phi) is 3.60. The Morgan fingerprint density at radius 2 is 1.95 bits per heavy atom. The van der Waals surface area contributed by atoms with E-state index < -0.39 is 16.4 Å². The number of phenolic OH excluding ortho intramolecular Hbond substituents is 1. The fourth-order valence-corrected chi connectivity index (χ4v) is 1.69. The maximum Gasteiger partial charge on any atom is 0.310 e. The van der Waals surface area contributed by atoms with Gasteiger partial charge in [0, 0.05) is 36.8 Å². The van der Waals surface area contributed by atoms with Crippen LogP contribution >= 0.6 is 0 Å². The second-order valence-electron chi connectivity index (χ2n) is 4.03. The van der Waals surface area contributed by atoms with Crippen molar-refractivity contribution >= 4 is 17.3 Å². The summed E-state index contributed by atoms with van der Waals surface area (Å²) in [5.41, 5.74) is 0.350. The van der Waals surface area contributed by atoms with Crippen LogP contribution in [0.3, 0.4) is 0 Å². The van der Waals surface area contributed by atoms with Crippen LogP contribution in [0.2, 0.25) is 0 Å². The van der Waals surface area contributed by atoms with Gasteiger partial charge in [-0.1, -0.05) is 0 Å². The highest BCUT2D eigenvalue weighted by Gasteiger charge is 2.18. The molecule has 0 saturated heterocycles. The largest absolute Gasteiger partial charge is 0.502 e. The minimum Gasteiger partial charge on any atom is -0.502 e. The van der Waals surface area contributed by atoms with E-state index in [1.807, 2.05) is 0 Å². The molecule has 1 amide bonds. The predicted octanol–water partition coefficient (Wildman–Crippen LogP) is 1.97. The van der Waals surface area contributed by atoms with Crippen LogP contribution in [0.5, 0.6) is 5.75 Å². The molecule has 0 aliphatic heterocycles. The highest BCUT2D eigenvalue weighted by atomic mass is 16.6. The second kappa shape index (κ2) is 5.35. The van der Waals surface area contributed by atoms with Crippen LogP contribution in [0.15, 0.2) is 42.7 Å². The first-order valence-electron chi connectivity index (χ1n) is 5.66.